The molecule has 0 aliphatic rings. The van der Waals surface area contributed by atoms with Gasteiger partial charge in [0.15, 0.2) is 0 Å². The Morgan fingerprint density at radius 1 is 1.12 bits per heavy atom. The number of aromatic nitrogens is 4. The molecule has 3 rings (SSSR count). The summed E-state index contributed by atoms with van der Waals surface area (Å²) in [5.41, 5.74) is 1.70. The topological polar surface area (TPSA) is 72.7 Å². The molecule has 1 N–H and O–H groups in total. The van der Waals surface area contributed by atoms with Crippen molar-refractivity contribution in [3.8, 4) is 0 Å². The number of nitrogens with one attached hydrogen (secondary N) is 1. The van der Waals surface area contributed by atoms with E-state index in [1.807, 2.05) is 12.3 Å². The maximum Gasteiger partial charge on any atom is 0.270 e. The van der Waals surface area contributed by atoms with Gasteiger partial charge in [-0.05, 0) is 31.4 Å². The fourth-order valence-electron chi connectivity index (χ4n) is 2.64. The third-order valence-electron chi connectivity index (χ3n) is 3.92. The van der Waals surface area contributed by atoms with Crippen molar-refractivity contribution in [1.82, 2.24) is 24.8 Å². The lowest BCUT2D eigenvalue weighted by Gasteiger charge is -2.09. The van der Waals surface area contributed by atoms with Gasteiger partial charge in [-0.25, -0.2) is 15.0 Å². The smallest absolute Gasteiger partial charge is 0.270 e. The van der Waals surface area contributed by atoms with E-state index < -0.39 is 0 Å². The molecule has 0 saturated carbocycles. The summed E-state index contributed by atoms with van der Waals surface area (Å²) in [6.07, 6.45) is 7.33. The highest BCUT2D eigenvalue weighted by molar-refractivity contribution is 5.92. The van der Waals surface area contributed by atoms with Gasteiger partial charge in [-0.3, -0.25) is 4.79 Å². The van der Waals surface area contributed by atoms with Crippen LogP contribution in [0.15, 0.2) is 55.0 Å². The van der Waals surface area contributed by atoms with Gasteiger partial charge in [0.05, 0.1) is 6.54 Å². The fourth-order valence-corrected chi connectivity index (χ4v) is 2.64. The first kappa shape index (κ1) is 16.8. The molecule has 6 nitrogen and oxygen atoms in total. The molecule has 0 atom stereocenters. The van der Waals surface area contributed by atoms with Crippen molar-refractivity contribution in [2.75, 3.05) is 0 Å². The van der Waals surface area contributed by atoms with Crippen molar-refractivity contribution in [1.29, 1.82) is 0 Å². The summed E-state index contributed by atoms with van der Waals surface area (Å²) in [5, 5.41) is 2.86. The largest absolute Gasteiger partial charge is 0.343 e. The van der Waals surface area contributed by atoms with E-state index in [2.05, 4.69) is 49.1 Å². The van der Waals surface area contributed by atoms with E-state index in [0.717, 1.165) is 25.2 Å². The first-order chi connectivity index (χ1) is 12.2. The van der Waals surface area contributed by atoms with Crippen LogP contribution in [-0.2, 0) is 19.5 Å². The van der Waals surface area contributed by atoms with Gasteiger partial charge < -0.3 is 9.88 Å². The minimum Gasteiger partial charge on any atom is -0.343 e. The van der Waals surface area contributed by atoms with Gasteiger partial charge in [-0.15, -0.1) is 0 Å². The monoisotopic (exact) mass is 335 g/mol. The Labute approximate surface area is 147 Å². The SMILES string of the molecule is Cc1nccc(C(=O)NCc2nccn2CCCc2ccccc2)n1. The van der Waals surface area contributed by atoms with Crippen LogP contribution in [-0.4, -0.2) is 25.4 Å². The normalized spacial score (nSPS) is 10.6. The molecular formula is C19H21N5O. The number of carbonyl (C=O) groups is 1. The molecule has 25 heavy (non-hydrogen) atoms. The number of aryl methyl sites for hydroxylation is 3. The standard InChI is InChI=1S/C19H21N5O/c1-15-20-10-9-17(23-15)19(25)22-14-18-21-11-13-24(18)12-5-8-16-6-3-2-4-7-16/h2-4,6-7,9-11,13H,5,8,12,14H2,1H3,(H,22,25). The number of amides is 1. The van der Waals surface area contributed by atoms with Crippen molar-refractivity contribution in [2.45, 2.75) is 32.9 Å². The van der Waals surface area contributed by atoms with E-state index in [4.69, 9.17) is 0 Å². The minimum atomic E-state index is -0.218. The van der Waals surface area contributed by atoms with Crippen molar-refractivity contribution >= 4 is 5.91 Å². The van der Waals surface area contributed by atoms with Gasteiger partial charge in [-0.2, -0.15) is 0 Å². The molecule has 6 heteroatoms. The van der Waals surface area contributed by atoms with Gasteiger partial charge >= 0.3 is 0 Å². The van der Waals surface area contributed by atoms with Crippen LogP contribution in [0.4, 0.5) is 0 Å². The summed E-state index contributed by atoms with van der Waals surface area (Å²) in [5.74, 6) is 1.20. The number of imidazole rings is 1. The van der Waals surface area contributed by atoms with Crippen molar-refractivity contribution < 1.29 is 4.79 Å². The van der Waals surface area contributed by atoms with Gasteiger partial charge in [-0.1, -0.05) is 30.3 Å². The van der Waals surface area contributed by atoms with Crippen LogP contribution in [0.25, 0.3) is 0 Å². The fraction of sp³-hybridized carbons (Fsp3) is 0.263. The lowest BCUT2D eigenvalue weighted by molar-refractivity contribution is 0.0944. The lowest BCUT2D eigenvalue weighted by Crippen LogP contribution is -2.26. The molecule has 1 amide bonds. The van der Waals surface area contributed by atoms with Crippen LogP contribution >= 0.6 is 0 Å². The zero-order valence-electron chi connectivity index (χ0n) is 14.2. The third-order valence-corrected chi connectivity index (χ3v) is 3.92. The molecule has 2 heterocycles. The minimum absolute atomic E-state index is 0.218. The summed E-state index contributed by atoms with van der Waals surface area (Å²) < 4.78 is 2.08. The Bertz CT molecular complexity index is 829. The number of nitrogens with zero attached hydrogens (tertiary/aromatic N) is 4. The van der Waals surface area contributed by atoms with E-state index >= 15 is 0 Å². The predicted octanol–water partition coefficient (Wildman–Crippen LogP) is 2.54. The van der Waals surface area contributed by atoms with Gasteiger partial charge in [0.2, 0.25) is 0 Å². The number of rotatable bonds is 7. The molecule has 1 aromatic carbocycles. The second-order valence-electron chi connectivity index (χ2n) is 5.80. The molecule has 2 aromatic heterocycles. The highest BCUT2D eigenvalue weighted by atomic mass is 16.1. The molecule has 0 radical (unpaired) electrons. The van der Waals surface area contributed by atoms with Gasteiger partial charge in [0, 0.05) is 25.1 Å². The number of hydrogen-bond donors (Lipinski definition) is 1. The van der Waals surface area contributed by atoms with E-state index in [-0.39, 0.29) is 5.91 Å². The van der Waals surface area contributed by atoms with Crippen LogP contribution in [0, 0.1) is 6.92 Å². The molecule has 0 bridgehead atoms. The highest BCUT2D eigenvalue weighted by Crippen LogP contribution is 2.06. The zero-order chi connectivity index (χ0) is 17.5. The first-order valence-corrected chi connectivity index (χ1v) is 8.34. The van der Waals surface area contributed by atoms with Crippen molar-refractivity contribution in [3.05, 3.63) is 77.9 Å². The Kier molecular flexibility index (Phi) is 5.51. The molecule has 128 valence electrons. The number of hydrogen-bond acceptors (Lipinski definition) is 4. The Morgan fingerprint density at radius 2 is 1.96 bits per heavy atom. The average Bonchev–Trinajstić information content (AvgIpc) is 3.08. The molecule has 0 aliphatic heterocycles. The molecule has 0 unspecified atom stereocenters. The summed E-state index contributed by atoms with van der Waals surface area (Å²) in [6, 6.07) is 12.0. The number of carbonyl (C=O) groups excluding carboxylic acids is 1. The molecule has 0 fully saturated rings. The molecular weight excluding hydrogens is 314 g/mol. The van der Waals surface area contributed by atoms with Crippen LogP contribution in [0.1, 0.15) is 34.1 Å². The van der Waals surface area contributed by atoms with Crippen LogP contribution < -0.4 is 5.32 Å². The summed E-state index contributed by atoms with van der Waals surface area (Å²) >= 11 is 0. The van der Waals surface area contributed by atoms with Crippen molar-refractivity contribution in [3.63, 3.8) is 0 Å². The average molecular weight is 335 g/mol. The van der Waals surface area contributed by atoms with Gasteiger partial charge in [0.25, 0.3) is 5.91 Å². The Balaban J connectivity index is 1.52. The second-order valence-corrected chi connectivity index (χ2v) is 5.80. The van der Waals surface area contributed by atoms with Crippen molar-refractivity contribution in [2.24, 2.45) is 0 Å². The predicted molar refractivity (Wildman–Crippen MR) is 94.9 cm³/mol. The van der Waals surface area contributed by atoms with E-state index in [1.165, 1.54) is 5.56 Å². The van der Waals surface area contributed by atoms with E-state index in [0.29, 0.717) is 18.1 Å². The Hall–Kier alpha value is -3.02. The summed E-state index contributed by atoms with van der Waals surface area (Å²) in [4.78, 5) is 24.6. The third kappa shape index (κ3) is 4.73. The quantitative estimate of drug-likeness (QED) is 0.720. The van der Waals surface area contributed by atoms with E-state index in [9.17, 15) is 4.79 Å². The molecule has 0 saturated heterocycles. The maximum atomic E-state index is 12.2. The first-order valence-electron chi connectivity index (χ1n) is 8.34. The van der Waals surface area contributed by atoms with Gasteiger partial charge in [0.1, 0.15) is 17.3 Å². The molecule has 3 aromatic rings. The van der Waals surface area contributed by atoms with Crippen LogP contribution in [0.3, 0.4) is 0 Å². The van der Waals surface area contributed by atoms with Crippen LogP contribution in [0.5, 0.6) is 0 Å². The van der Waals surface area contributed by atoms with Crippen LogP contribution in [0.2, 0.25) is 0 Å². The Morgan fingerprint density at radius 3 is 2.76 bits per heavy atom. The second kappa shape index (κ2) is 8.19. The highest BCUT2D eigenvalue weighted by Gasteiger charge is 2.09. The summed E-state index contributed by atoms with van der Waals surface area (Å²) in [6.45, 7) is 3.00. The molecule has 0 aliphatic carbocycles. The zero-order valence-corrected chi connectivity index (χ0v) is 14.2. The summed E-state index contributed by atoms with van der Waals surface area (Å²) in [7, 11) is 0. The molecule has 0 spiro atoms. The lowest BCUT2D eigenvalue weighted by atomic mass is 10.1. The van der Waals surface area contributed by atoms with E-state index in [1.54, 1.807) is 25.4 Å². The number of benzene rings is 1. The maximum absolute atomic E-state index is 12.2.